The summed E-state index contributed by atoms with van der Waals surface area (Å²) in [5, 5.41) is 0. The van der Waals surface area contributed by atoms with Crippen LogP contribution in [0.1, 0.15) is 33.1 Å². The van der Waals surface area contributed by atoms with Crippen LogP contribution in [0.4, 0.5) is 0 Å². The molecule has 12 heavy (non-hydrogen) atoms. The van der Waals surface area contributed by atoms with Gasteiger partial charge in [-0.3, -0.25) is 0 Å². The first-order chi connectivity index (χ1) is 5.72. The summed E-state index contributed by atoms with van der Waals surface area (Å²) in [6.07, 6.45) is 4.61. The Hall–Kier alpha value is -0.200. The standard InChI is InChI=1S/C9H18O2P/c1-4-6-8-11-12(10)9(3)7-5-2/h5,9H,2,4,6-8H2,1,3H3/q+1. The number of hydrogen-bond acceptors (Lipinski definition) is 2. The van der Waals surface area contributed by atoms with E-state index in [4.69, 9.17) is 4.52 Å². The Kier molecular flexibility index (Phi) is 7.33. The van der Waals surface area contributed by atoms with Crippen molar-refractivity contribution in [2.24, 2.45) is 0 Å². The third kappa shape index (κ3) is 5.45. The van der Waals surface area contributed by atoms with Crippen molar-refractivity contribution in [2.45, 2.75) is 38.8 Å². The van der Waals surface area contributed by atoms with E-state index in [0.29, 0.717) is 6.61 Å². The first-order valence-corrected chi connectivity index (χ1v) is 5.67. The van der Waals surface area contributed by atoms with Gasteiger partial charge in [0.25, 0.3) is 0 Å². The van der Waals surface area contributed by atoms with Crippen LogP contribution in [0, 0.1) is 0 Å². The van der Waals surface area contributed by atoms with Gasteiger partial charge in [0.2, 0.25) is 0 Å². The molecule has 0 heterocycles. The van der Waals surface area contributed by atoms with Crippen molar-refractivity contribution < 1.29 is 9.09 Å². The molecule has 0 amide bonds. The Morgan fingerprint density at radius 3 is 2.83 bits per heavy atom. The Labute approximate surface area is 75.9 Å². The van der Waals surface area contributed by atoms with Crippen LogP contribution in [0.2, 0.25) is 0 Å². The highest BCUT2D eigenvalue weighted by molar-refractivity contribution is 7.40. The molecule has 0 spiro atoms. The van der Waals surface area contributed by atoms with Gasteiger partial charge < -0.3 is 0 Å². The molecule has 0 fully saturated rings. The molecule has 0 aromatic carbocycles. The smallest absolute Gasteiger partial charge is 0.146 e. The molecule has 2 nitrogen and oxygen atoms in total. The average Bonchev–Trinajstić information content (AvgIpc) is 2.05. The SMILES string of the molecule is C=CCC(C)[P+](=O)OCCCC. The molecule has 0 saturated carbocycles. The van der Waals surface area contributed by atoms with Crippen LogP contribution < -0.4 is 0 Å². The second-order valence-electron chi connectivity index (χ2n) is 2.85. The topological polar surface area (TPSA) is 26.3 Å². The maximum atomic E-state index is 11.3. The Balaban J connectivity index is 3.49. The first kappa shape index (κ1) is 11.8. The van der Waals surface area contributed by atoms with Gasteiger partial charge in [0.05, 0.1) is 0 Å². The molecule has 3 heteroatoms. The molecule has 0 aromatic rings. The highest BCUT2D eigenvalue weighted by atomic mass is 31.1. The quantitative estimate of drug-likeness (QED) is 0.348. The lowest BCUT2D eigenvalue weighted by molar-refractivity contribution is 0.316. The molecule has 0 saturated heterocycles. The fraction of sp³-hybridized carbons (Fsp3) is 0.778. The zero-order valence-corrected chi connectivity index (χ0v) is 8.85. The van der Waals surface area contributed by atoms with Crippen LogP contribution in [-0.4, -0.2) is 12.3 Å². The van der Waals surface area contributed by atoms with Crippen molar-refractivity contribution in [3.05, 3.63) is 12.7 Å². The molecular weight excluding hydrogens is 171 g/mol. The zero-order valence-electron chi connectivity index (χ0n) is 7.95. The molecule has 0 radical (unpaired) electrons. The van der Waals surface area contributed by atoms with E-state index in [0.717, 1.165) is 19.3 Å². The Morgan fingerprint density at radius 2 is 2.33 bits per heavy atom. The molecule has 0 bridgehead atoms. The summed E-state index contributed by atoms with van der Waals surface area (Å²) in [5.74, 6) is 0. The van der Waals surface area contributed by atoms with Crippen molar-refractivity contribution in [3.63, 3.8) is 0 Å². The molecule has 0 aliphatic carbocycles. The van der Waals surface area contributed by atoms with E-state index in [1.807, 2.05) is 6.92 Å². The summed E-state index contributed by atoms with van der Waals surface area (Å²) < 4.78 is 16.4. The van der Waals surface area contributed by atoms with Crippen LogP contribution in [0.3, 0.4) is 0 Å². The van der Waals surface area contributed by atoms with Crippen LogP contribution >= 0.6 is 8.03 Å². The van der Waals surface area contributed by atoms with Gasteiger partial charge in [-0.2, -0.15) is 0 Å². The predicted octanol–water partition coefficient (Wildman–Crippen LogP) is 3.51. The Morgan fingerprint density at radius 1 is 1.67 bits per heavy atom. The minimum absolute atomic E-state index is 0.106. The largest absolute Gasteiger partial charge is 0.511 e. The second-order valence-corrected chi connectivity index (χ2v) is 4.56. The van der Waals surface area contributed by atoms with Crippen LogP contribution in [0.5, 0.6) is 0 Å². The number of allylic oxidation sites excluding steroid dienone is 1. The molecule has 2 atom stereocenters. The summed E-state index contributed by atoms with van der Waals surface area (Å²) in [7, 11) is -1.48. The van der Waals surface area contributed by atoms with E-state index in [1.165, 1.54) is 0 Å². The molecule has 0 aliphatic rings. The van der Waals surface area contributed by atoms with E-state index < -0.39 is 8.03 Å². The van der Waals surface area contributed by atoms with Gasteiger partial charge >= 0.3 is 8.03 Å². The second kappa shape index (κ2) is 7.45. The minimum atomic E-state index is -1.48. The summed E-state index contributed by atoms with van der Waals surface area (Å²) in [5.41, 5.74) is 0.106. The molecule has 0 N–H and O–H groups in total. The summed E-state index contributed by atoms with van der Waals surface area (Å²) >= 11 is 0. The molecule has 0 rings (SSSR count). The summed E-state index contributed by atoms with van der Waals surface area (Å²) in [4.78, 5) is 0. The van der Waals surface area contributed by atoms with Crippen LogP contribution in [-0.2, 0) is 9.09 Å². The summed E-state index contributed by atoms with van der Waals surface area (Å²) in [6.45, 7) is 8.22. The maximum absolute atomic E-state index is 11.3. The van der Waals surface area contributed by atoms with E-state index >= 15 is 0 Å². The lowest BCUT2D eigenvalue weighted by Gasteiger charge is -1.94. The summed E-state index contributed by atoms with van der Waals surface area (Å²) in [6, 6.07) is 0. The lowest BCUT2D eigenvalue weighted by Crippen LogP contribution is -1.96. The van der Waals surface area contributed by atoms with E-state index in [2.05, 4.69) is 13.5 Å². The minimum Gasteiger partial charge on any atom is -0.146 e. The lowest BCUT2D eigenvalue weighted by atomic mass is 10.3. The Bertz CT molecular complexity index is 145. The highest BCUT2D eigenvalue weighted by Crippen LogP contribution is 2.31. The van der Waals surface area contributed by atoms with Crippen molar-refractivity contribution >= 4 is 8.03 Å². The zero-order chi connectivity index (χ0) is 9.40. The predicted molar refractivity (Wildman–Crippen MR) is 52.7 cm³/mol. The molecule has 2 unspecified atom stereocenters. The first-order valence-electron chi connectivity index (χ1n) is 4.42. The van der Waals surface area contributed by atoms with Crippen molar-refractivity contribution in [3.8, 4) is 0 Å². The van der Waals surface area contributed by atoms with E-state index in [1.54, 1.807) is 6.08 Å². The highest BCUT2D eigenvalue weighted by Gasteiger charge is 2.25. The van der Waals surface area contributed by atoms with Gasteiger partial charge in [-0.25, -0.2) is 0 Å². The van der Waals surface area contributed by atoms with Gasteiger partial charge in [0.1, 0.15) is 6.61 Å². The van der Waals surface area contributed by atoms with Gasteiger partial charge in [-0.15, -0.1) is 11.1 Å². The molecule has 0 aliphatic heterocycles. The van der Waals surface area contributed by atoms with Crippen molar-refractivity contribution in [1.29, 1.82) is 0 Å². The normalized spacial score (nSPS) is 14.0. The van der Waals surface area contributed by atoms with Gasteiger partial charge in [0.15, 0.2) is 5.66 Å². The average molecular weight is 189 g/mol. The molecule has 0 aromatic heterocycles. The maximum Gasteiger partial charge on any atom is 0.511 e. The number of rotatable bonds is 7. The van der Waals surface area contributed by atoms with Crippen LogP contribution in [0.15, 0.2) is 12.7 Å². The third-order valence-electron chi connectivity index (χ3n) is 1.58. The van der Waals surface area contributed by atoms with Gasteiger partial charge in [-0.1, -0.05) is 19.4 Å². The number of hydrogen-bond donors (Lipinski definition) is 0. The fourth-order valence-electron chi connectivity index (χ4n) is 0.753. The van der Waals surface area contributed by atoms with E-state index in [9.17, 15) is 4.57 Å². The number of unbranched alkanes of at least 4 members (excludes halogenated alkanes) is 1. The van der Waals surface area contributed by atoms with Crippen molar-refractivity contribution in [1.82, 2.24) is 0 Å². The van der Waals surface area contributed by atoms with E-state index in [-0.39, 0.29) is 5.66 Å². The van der Waals surface area contributed by atoms with Crippen molar-refractivity contribution in [2.75, 3.05) is 6.61 Å². The van der Waals surface area contributed by atoms with Crippen LogP contribution in [0.25, 0.3) is 0 Å². The molecule has 70 valence electrons. The fourth-order valence-corrected chi connectivity index (χ4v) is 1.64. The third-order valence-corrected chi connectivity index (χ3v) is 2.95. The monoisotopic (exact) mass is 189 g/mol. The van der Waals surface area contributed by atoms with Gasteiger partial charge in [-0.05, 0) is 17.9 Å². The molecular formula is C9H18O2P+. The van der Waals surface area contributed by atoms with Gasteiger partial charge in [0, 0.05) is 6.42 Å².